The molecule has 0 bridgehead atoms. The summed E-state index contributed by atoms with van der Waals surface area (Å²) in [7, 11) is 1.54. The van der Waals surface area contributed by atoms with E-state index >= 15 is 0 Å². The van der Waals surface area contributed by atoms with Gasteiger partial charge < -0.3 is 20.7 Å². The minimum absolute atomic E-state index is 0.193. The summed E-state index contributed by atoms with van der Waals surface area (Å²) in [5, 5.41) is 3.35. The molecule has 0 spiro atoms. The highest BCUT2D eigenvalue weighted by Crippen LogP contribution is 2.30. The fourth-order valence-electron chi connectivity index (χ4n) is 4.83. The fourth-order valence-corrected chi connectivity index (χ4v) is 4.83. The van der Waals surface area contributed by atoms with Crippen molar-refractivity contribution in [1.82, 2.24) is 24.4 Å². The zero-order valence-electron chi connectivity index (χ0n) is 23.5. The van der Waals surface area contributed by atoms with Crippen molar-refractivity contribution in [3.63, 3.8) is 0 Å². The van der Waals surface area contributed by atoms with Gasteiger partial charge in [-0.1, -0.05) is 36.4 Å². The molecule has 10 nitrogen and oxygen atoms in total. The number of anilines is 1. The average molecular weight is 593 g/mol. The number of nitrogens with zero attached hydrogens (tertiary/aromatic N) is 6. The monoisotopic (exact) mass is 592 g/mol. The van der Waals surface area contributed by atoms with Gasteiger partial charge in [-0.2, -0.15) is 13.2 Å². The molecule has 2 aromatic heterocycles. The fraction of sp³-hybridized carbons (Fsp3) is 0.300. The van der Waals surface area contributed by atoms with Crippen LogP contribution in [0.4, 0.5) is 19.0 Å². The summed E-state index contributed by atoms with van der Waals surface area (Å²) in [6.07, 6.45) is 0.743. The second-order valence-corrected chi connectivity index (χ2v) is 10.2. The number of hydrogen-bond donors (Lipinski definition) is 2. The second-order valence-electron chi connectivity index (χ2n) is 10.2. The van der Waals surface area contributed by atoms with Crippen molar-refractivity contribution in [2.45, 2.75) is 44.8 Å². The van der Waals surface area contributed by atoms with Gasteiger partial charge in [0.15, 0.2) is 28.5 Å². The lowest BCUT2D eigenvalue weighted by molar-refractivity contribution is -0.0933. The number of rotatable bonds is 10. The molecule has 1 aliphatic heterocycles. The smallest absolute Gasteiger partial charge is 0.374 e. The maximum atomic E-state index is 13.0. The van der Waals surface area contributed by atoms with E-state index in [1.54, 1.807) is 31.6 Å². The van der Waals surface area contributed by atoms with Gasteiger partial charge in [-0.15, -0.1) is 0 Å². The van der Waals surface area contributed by atoms with Gasteiger partial charge in [-0.3, -0.25) is 14.4 Å². The van der Waals surface area contributed by atoms with Gasteiger partial charge in [-0.05, 0) is 49.2 Å². The molecule has 224 valence electrons. The molecule has 1 fully saturated rings. The first-order chi connectivity index (χ1) is 20.6. The van der Waals surface area contributed by atoms with Crippen molar-refractivity contribution in [3.05, 3.63) is 83.4 Å². The molecule has 1 atom stereocenters. The number of benzene rings is 2. The van der Waals surface area contributed by atoms with Gasteiger partial charge in [0.25, 0.3) is 0 Å². The Bertz CT molecular complexity index is 1640. The third-order valence-corrected chi connectivity index (χ3v) is 7.01. The first kappa shape index (κ1) is 29.7. The molecule has 4 aromatic rings. The molecular weight excluding hydrogens is 561 g/mol. The van der Waals surface area contributed by atoms with Crippen molar-refractivity contribution in [1.29, 1.82) is 0 Å². The van der Waals surface area contributed by atoms with Crippen LogP contribution in [0.5, 0.6) is 0 Å². The van der Waals surface area contributed by atoms with E-state index in [-0.39, 0.29) is 12.8 Å². The van der Waals surface area contributed by atoms with E-state index < -0.39 is 17.8 Å². The van der Waals surface area contributed by atoms with Crippen LogP contribution in [0.3, 0.4) is 0 Å². The number of imidazole rings is 1. The maximum Gasteiger partial charge on any atom is 0.434 e. The largest absolute Gasteiger partial charge is 0.434 e. The molecule has 3 heterocycles. The van der Waals surface area contributed by atoms with Gasteiger partial charge in [0.1, 0.15) is 6.23 Å². The lowest BCUT2D eigenvalue weighted by Crippen LogP contribution is -2.18. The maximum absolute atomic E-state index is 13.0. The van der Waals surface area contributed by atoms with E-state index in [0.29, 0.717) is 47.1 Å². The van der Waals surface area contributed by atoms with Crippen molar-refractivity contribution in [3.8, 4) is 11.4 Å². The molecule has 0 aliphatic carbocycles. The predicted molar refractivity (Wildman–Crippen MR) is 157 cm³/mol. The van der Waals surface area contributed by atoms with E-state index in [1.165, 1.54) is 4.90 Å². The van der Waals surface area contributed by atoms with Gasteiger partial charge in [0.05, 0.1) is 6.33 Å². The Morgan fingerprint density at radius 1 is 1.21 bits per heavy atom. The van der Waals surface area contributed by atoms with Crippen molar-refractivity contribution >= 4 is 29.6 Å². The minimum Gasteiger partial charge on any atom is -0.374 e. The number of aliphatic imine (C=N–C) groups is 1. The number of carbonyl (C=O) groups is 1. The summed E-state index contributed by atoms with van der Waals surface area (Å²) >= 11 is 0. The number of ether oxygens (including phenoxy) is 1. The highest BCUT2D eigenvalue weighted by atomic mass is 19.4. The third-order valence-electron chi connectivity index (χ3n) is 7.01. The highest BCUT2D eigenvalue weighted by Gasteiger charge is 2.33. The average Bonchev–Trinajstić information content (AvgIpc) is 3.43. The number of allylic oxidation sites excluding steroid dienone is 1. The Labute approximate surface area is 246 Å². The molecule has 3 N–H and O–H groups in total. The Balaban J connectivity index is 1.39. The molecule has 0 radical (unpaired) electrons. The number of halogens is 3. The Hall–Kier alpha value is -4.78. The number of fused-ring (bicyclic) bond motifs is 1. The third kappa shape index (κ3) is 7.00. The van der Waals surface area contributed by atoms with E-state index in [1.807, 2.05) is 34.9 Å². The van der Waals surface area contributed by atoms with Crippen LogP contribution in [-0.2, 0) is 17.8 Å². The van der Waals surface area contributed by atoms with Crippen LogP contribution >= 0.6 is 0 Å². The van der Waals surface area contributed by atoms with E-state index in [4.69, 9.17) is 20.4 Å². The van der Waals surface area contributed by atoms with Crippen LogP contribution in [0.1, 0.15) is 47.0 Å². The lowest BCUT2D eigenvalue weighted by Gasteiger charge is -2.24. The van der Waals surface area contributed by atoms with Crippen LogP contribution in [0.2, 0.25) is 0 Å². The Kier molecular flexibility index (Phi) is 8.71. The minimum atomic E-state index is -4.57. The summed E-state index contributed by atoms with van der Waals surface area (Å²) in [6.45, 7) is 4.32. The summed E-state index contributed by atoms with van der Waals surface area (Å²) in [5.74, 6) is 0.352. The quantitative estimate of drug-likeness (QED) is 0.235. The van der Waals surface area contributed by atoms with E-state index in [2.05, 4.69) is 22.0 Å². The van der Waals surface area contributed by atoms with Gasteiger partial charge >= 0.3 is 6.18 Å². The molecule has 1 amide bonds. The second kappa shape index (κ2) is 12.6. The topological polar surface area (TPSA) is 124 Å². The molecule has 0 saturated carbocycles. The van der Waals surface area contributed by atoms with Crippen molar-refractivity contribution in [2.75, 3.05) is 19.0 Å². The van der Waals surface area contributed by atoms with Gasteiger partial charge in [0, 0.05) is 44.1 Å². The summed E-state index contributed by atoms with van der Waals surface area (Å²) in [4.78, 5) is 30.5. The number of hydrogen-bond acceptors (Lipinski definition) is 8. The van der Waals surface area contributed by atoms with E-state index in [0.717, 1.165) is 36.6 Å². The lowest BCUT2D eigenvalue weighted by atomic mass is 10.1. The van der Waals surface area contributed by atoms with Gasteiger partial charge in [0.2, 0.25) is 5.91 Å². The standard InChI is InChI=1S/C30H31F3N8O2/c1-35-23(30(31,32)33)17-40(2)16-20-11-9-19(10-12-20)15-36-28-25-29(41(18-37-25)24-8-3-4-13-43-24)39-27(38-28)22-7-5-6-21(14-22)26(34)42/h5-7,9-12,14,17-18,24H,1,3-4,8,13,15-16H2,2H3,(H2,34,42)(H,36,38,39)/b23-17-. The molecule has 1 saturated heterocycles. The molecule has 13 heteroatoms. The van der Waals surface area contributed by atoms with Crippen molar-refractivity contribution < 1.29 is 22.7 Å². The molecular formula is C30H31F3N8O2. The summed E-state index contributed by atoms with van der Waals surface area (Å²) in [5.41, 5.74) is 8.33. The molecule has 2 aromatic carbocycles. The number of aromatic nitrogens is 4. The van der Waals surface area contributed by atoms with Crippen LogP contribution < -0.4 is 11.1 Å². The normalized spacial score (nSPS) is 15.8. The molecule has 43 heavy (non-hydrogen) atoms. The SMILES string of the molecule is C=N/C(=C\N(C)Cc1ccc(CNc2nc(-c3cccc(C(N)=O)c3)nc3c2ncn3C2CCCCO2)cc1)C(F)(F)F. The zero-order valence-corrected chi connectivity index (χ0v) is 23.5. The Morgan fingerprint density at radius 3 is 2.65 bits per heavy atom. The highest BCUT2D eigenvalue weighted by molar-refractivity contribution is 5.94. The number of nitrogens with one attached hydrogen (secondary N) is 1. The Morgan fingerprint density at radius 2 is 1.98 bits per heavy atom. The van der Waals surface area contributed by atoms with Crippen LogP contribution in [0.15, 0.2) is 71.7 Å². The van der Waals surface area contributed by atoms with Crippen molar-refractivity contribution in [2.24, 2.45) is 10.7 Å². The first-order valence-electron chi connectivity index (χ1n) is 13.7. The van der Waals surface area contributed by atoms with Crippen LogP contribution in [0, 0.1) is 0 Å². The zero-order chi connectivity index (χ0) is 30.6. The number of carbonyl (C=O) groups excluding carboxylic acids is 1. The molecule has 5 rings (SSSR count). The number of alkyl halides is 3. The van der Waals surface area contributed by atoms with Crippen LogP contribution in [0.25, 0.3) is 22.6 Å². The van der Waals surface area contributed by atoms with Crippen LogP contribution in [-0.4, -0.2) is 56.9 Å². The predicted octanol–water partition coefficient (Wildman–Crippen LogP) is 5.44. The summed E-state index contributed by atoms with van der Waals surface area (Å²) < 4.78 is 46.9. The molecule has 1 unspecified atom stereocenters. The molecule has 1 aliphatic rings. The number of nitrogens with two attached hydrogens (primary N) is 1. The van der Waals surface area contributed by atoms with E-state index in [9.17, 15) is 18.0 Å². The van der Waals surface area contributed by atoms with Gasteiger partial charge in [-0.25, -0.2) is 15.0 Å². The first-order valence-corrected chi connectivity index (χ1v) is 13.7. The summed E-state index contributed by atoms with van der Waals surface area (Å²) in [6, 6.07) is 14.3. The number of primary amides is 1. The number of amides is 1.